The van der Waals surface area contributed by atoms with Crippen LogP contribution in [0, 0.1) is 5.41 Å². The van der Waals surface area contributed by atoms with E-state index in [1.54, 1.807) is 0 Å². The van der Waals surface area contributed by atoms with Gasteiger partial charge in [0.05, 0.1) is 0 Å². The smallest absolute Gasteiger partial charge is 0.480 e. The van der Waals surface area contributed by atoms with Crippen LogP contribution >= 0.6 is 0 Å². The Labute approximate surface area is 121 Å². The van der Waals surface area contributed by atoms with E-state index in [-0.39, 0.29) is 33.9 Å². The minimum absolute atomic E-state index is 0. The molecule has 7 heteroatoms. The molecule has 1 heterocycles. The molecule has 18 heavy (non-hydrogen) atoms. The van der Waals surface area contributed by atoms with Gasteiger partial charge in [-0.05, 0) is 38.6 Å². The van der Waals surface area contributed by atoms with Crippen molar-refractivity contribution in [1.29, 1.82) is 0 Å². The third-order valence-corrected chi connectivity index (χ3v) is 3.47. The Morgan fingerprint density at radius 2 is 1.78 bits per heavy atom. The molecule has 1 saturated carbocycles. The maximum Gasteiger partial charge on any atom is 2.00 e. The molecule has 2 rings (SSSR count). The van der Waals surface area contributed by atoms with Crippen LogP contribution in [-0.4, -0.2) is 41.3 Å². The zero-order valence-electron chi connectivity index (χ0n) is 10.1. The van der Waals surface area contributed by atoms with Crippen LogP contribution in [0.4, 0.5) is 0 Å². The van der Waals surface area contributed by atoms with Gasteiger partial charge in [-0.2, -0.15) is 0 Å². The van der Waals surface area contributed by atoms with Gasteiger partial charge in [0.1, 0.15) is 0 Å². The average Bonchev–Trinajstić information content (AvgIpc) is 2.67. The Morgan fingerprint density at radius 3 is 1.89 bits per heavy atom. The van der Waals surface area contributed by atoms with E-state index in [0.717, 1.165) is 6.54 Å². The van der Waals surface area contributed by atoms with Crippen LogP contribution in [0.1, 0.15) is 32.1 Å². The molecule has 0 aromatic heterocycles. The van der Waals surface area contributed by atoms with Crippen molar-refractivity contribution in [3.05, 3.63) is 0 Å². The number of carboxylic acids is 2. The van der Waals surface area contributed by atoms with E-state index >= 15 is 0 Å². The van der Waals surface area contributed by atoms with Crippen LogP contribution in [0.15, 0.2) is 0 Å². The predicted molar refractivity (Wildman–Crippen MR) is 61.6 cm³/mol. The zero-order chi connectivity index (χ0) is 12.9. The first kappa shape index (κ1) is 17.5. The Balaban J connectivity index is 0.000000321. The third-order valence-electron chi connectivity index (χ3n) is 3.47. The molecule has 1 atom stereocenters. The SMILES string of the molecule is NC[C@H]1CCCN1.O=C(O)C1(C(=O)O)CCC1.[Pt+2]. The summed E-state index contributed by atoms with van der Waals surface area (Å²) < 4.78 is 0. The van der Waals surface area contributed by atoms with Crippen molar-refractivity contribution in [2.75, 3.05) is 13.1 Å². The number of hydrogen-bond acceptors (Lipinski definition) is 4. The van der Waals surface area contributed by atoms with E-state index in [4.69, 9.17) is 15.9 Å². The molecule has 2 fully saturated rings. The Bertz CT molecular complexity index is 273. The molecule has 0 spiro atoms. The fourth-order valence-corrected chi connectivity index (χ4v) is 2.01. The number of carbonyl (C=O) groups is 2. The maximum absolute atomic E-state index is 10.4. The van der Waals surface area contributed by atoms with Gasteiger partial charge >= 0.3 is 33.0 Å². The molecule has 0 aromatic rings. The van der Waals surface area contributed by atoms with Gasteiger partial charge in [-0.3, -0.25) is 9.59 Å². The van der Waals surface area contributed by atoms with E-state index in [2.05, 4.69) is 5.32 Å². The van der Waals surface area contributed by atoms with Crippen molar-refractivity contribution in [3.63, 3.8) is 0 Å². The quantitative estimate of drug-likeness (QED) is 0.462. The van der Waals surface area contributed by atoms with Gasteiger partial charge in [-0.15, -0.1) is 0 Å². The molecule has 6 nitrogen and oxygen atoms in total. The summed E-state index contributed by atoms with van der Waals surface area (Å²) >= 11 is 0. The number of aliphatic carboxylic acids is 2. The molecule has 1 saturated heterocycles. The van der Waals surface area contributed by atoms with Crippen molar-refractivity contribution in [2.24, 2.45) is 11.1 Å². The number of nitrogens with one attached hydrogen (secondary N) is 1. The summed E-state index contributed by atoms with van der Waals surface area (Å²) in [7, 11) is 0. The van der Waals surface area contributed by atoms with Gasteiger partial charge in [-0.25, -0.2) is 0 Å². The van der Waals surface area contributed by atoms with Crippen LogP contribution < -0.4 is 11.1 Å². The van der Waals surface area contributed by atoms with Gasteiger partial charge < -0.3 is 21.3 Å². The van der Waals surface area contributed by atoms with Gasteiger partial charge in [0.2, 0.25) is 0 Å². The van der Waals surface area contributed by atoms with E-state index in [0.29, 0.717) is 12.5 Å². The second-order valence-corrected chi connectivity index (χ2v) is 4.57. The first-order valence-corrected chi connectivity index (χ1v) is 5.93. The topological polar surface area (TPSA) is 113 Å². The van der Waals surface area contributed by atoms with Crippen molar-refractivity contribution in [1.82, 2.24) is 5.32 Å². The molecule has 0 aromatic carbocycles. The first-order valence-electron chi connectivity index (χ1n) is 5.93. The molecule has 0 radical (unpaired) electrons. The van der Waals surface area contributed by atoms with Crippen molar-refractivity contribution in [3.8, 4) is 0 Å². The molecule has 2 aliphatic rings. The van der Waals surface area contributed by atoms with E-state index in [9.17, 15) is 9.59 Å². The van der Waals surface area contributed by atoms with Crippen molar-refractivity contribution < 1.29 is 40.9 Å². The predicted octanol–water partition coefficient (Wildman–Crippen LogP) is 0.0205. The number of hydrogen-bond donors (Lipinski definition) is 4. The van der Waals surface area contributed by atoms with Crippen molar-refractivity contribution in [2.45, 2.75) is 38.1 Å². The molecular weight excluding hydrogens is 419 g/mol. The van der Waals surface area contributed by atoms with Crippen LogP contribution in [0.2, 0.25) is 0 Å². The average molecular weight is 439 g/mol. The summed E-state index contributed by atoms with van der Waals surface area (Å²) in [5.41, 5.74) is 3.93. The summed E-state index contributed by atoms with van der Waals surface area (Å²) in [5.74, 6) is -2.41. The number of nitrogens with two attached hydrogens (primary N) is 1. The summed E-state index contributed by atoms with van der Waals surface area (Å²) in [5, 5.41) is 20.2. The van der Waals surface area contributed by atoms with Crippen LogP contribution in [0.3, 0.4) is 0 Å². The molecule has 0 bridgehead atoms. The third kappa shape index (κ3) is 4.04. The first-order chi connectivity index (χ1) is 8.03. The maximum atomic E-state index is 10.4. The Kier molecular flexibility index (Phi) is 7.67. The van der Waals surface area contributed by atoms with Gasteiger partial charge in [0.25, 0.3) is 0 Å². The summed E-state index contributed by atoms with van der Waals surface area (Å²) in [6.07, 6.45) is 3.84. The number of carboxylic acid groups (broad SMARTS) is 2. The second kappa shape index (κ2) is 7.87. The van der Waals surface area contributed by atoms with Crippen LogP contribution in [-0.2, 0) is 30.7 Å². The van der Waals surface area contributed by atoms with Crippen LogP contribution in [0.5, 0.6) is 0 Å². The largest absolute Gasteiger partial charge is 2.00 e. The fourth-order valence-electron chi connectivity index (χ4n) is 2.01. The number of rotatable bonds is 3. The summed E-state index contributed by atoms with van der Waals surface area (Å²) in [6.45, 7) is 1.97. The molecule has 106 valence electrons. The summed E-state index contributed by atoms with van der Waals surface area (Å²) in [4.78, 5) is 20.7. The Hall–Kier alpha value is -0.452. The van der Waals surface area contributed by atoms with Crippen molar-refractivity contribution >= 4 is 11.9 Å². The summed E-state index contributed by atoms with van der Waals surface area (Å²) in [6, 6.07) is 0.625. The van der Waals surface area contributed by atoms with Gasteiger partial charge in [0.15, 0.2) is 5.41 Å². The normalized spacial score (nSPS) is 23.9. The molecule has 5 N–H and O–H groups in total. The molecule has 1 aliphatic heterocycles. The standard InChI is InChI=1S/C6H8O4.C5H12N2.Pt/c7-4(8)6(5(9)10)2-1-3-6;6-4-5-2-1-3-7-5;/h1-3H2,(H,7,8)(H,9,10);5,7H,1-4,6H2;/q;;+2/t;5-;/m.1./s1. The van der Waals surface area contributed by atoms with E-state index < -0.39 is 17.4 Å². The van der Waals surface area contributed by atoms with E-state index in [1.165, 1.54) is 19.4 Å². The molecule has 1 aliphatic carbocycles. The monoisotopic (exact) mass is 439 g/mol. The van der Waals surface area contributed by atoms with Crippen LogP contribution in [0.25, 0.3) is 0 Å². The zero-order valence-corrected chi connectivity index (χ0v) is 12.4. The second-order valence-electron chi connectivity index (χ2n) is 4.57. The van der Waals surface area contributed by atoms with Gasteiger partial charge in [-0.1, -0.05) is 0 Å². The minimum atomic E-state index is -1.44. The molecule has 0 unspecified atom stereocenters. The molecular formula is C11H20N2O4Pt+2. The van der Waals surface area contributed by atoms with Gasteiger partial charge in [0, 0.05) is 12.6 Å². The minimum Gasteiger partial charge on any atom is -0.480 e. The Morgan fingerprint density at radius 1 is 1.22 bits per heavy atom. The molecule has 0 amide bonds. The fraction of sp³-hybridized carbons (Fsp3) is 0.818. The van der Waals surface area contributed by atoms with E-state index in [1.807, 2.05) is 0 Å².